The Morgan fingerprint density at radius 3 is 2.54 bits per heavy atom. The Kier molecular flexibility index (Phi) is 4.27. The molecule has 1 heterocycles. The highest BCUT2D eigenvalue weighted by Crippen LogP contribution is 2.35. The predicted octanol–water partition coefficient (Wildman–Crippen LogP) is 4.64. The highest BCUT2D eigenvalue weighted by Gasteiger charge is 2.16. The number of hydrogen-bond donors (Lipinski definition) is 0. The number of alkyl halides is 1. The average molecular weight is 217 g/mol. The monoisotopic (exact) mass is 216 g/mol. The Labute approximate surface area is 89.9 Å². The van der Waals surface area contributed by atoms with E-state index in [1.165, 1.54) is 9.75 Å². The molecule has 13 heavy (non-hydrogen) atoms. The quantitative estimate of drug-likeness (QED) is 0.644. The van der Waals surface area contributed by atoms with Crippen LogP contribution in [0, 0.1) is 5.92 Å². The fourth-order valence-corrected chi connectivity index (χ4v) is 2.67. The third-order valence-electron chi connectivity index (χ3n) is 2.45. The number of halogens is 1. The maximum atomic E-state index is 6.34. The minimum Gasteiger partial charge on any atom is -0.144 e. The normalized spacial score (nSPS) is 15.7. The molecule has 2 heteroatoms. The maximum Gasteiger partial charge on any atom is 0.0704 e. The lowest BCUT2D eigenvalue weighted by Gasteiger charge is -2.13. The summed E-state index contributed by atoms with van der Waals surface area (Å²) in [6, 6.07) is 4.37. The van der Waals surface area contributed by atoms with Gasteiger partial charge in [-0.05, 0) is 24.5 Å². The molecule has 0 spiro atoms. The number of hydrogen-bond acceptors (Lipinski definition) is 1. The minimum atomic E-state index is 0.204. The van der Waals surface area contributed by atoms with Gasteiger partial charge in [0.15, 0.2) is 0 Å². The molecule has 0 aliphatic rings. The molecule has 1 aromatic heterocycles. The van der Waals surface area contributed by atoms with Crippen LogP contribution in [0.4, 0.5) is 0 Å². The van der Waals surface area contributed by atoms with Crippen molar-refractivity contribution in [1.82, 2.24) is 0 Å². The van der Waals surface area contributed by atoms with E-state index in [1.807, 2.05) is 11.3 Å². The molecule has 1 aromatic rings. The van der Waals surface area contributed by atoms with E-state index in [9.17, 15) is 0 Å². The molecule has 0 aliphatic carbocycles. The molecule has 0 amide bonds. The van der Waals surface area contributed by atoms with Gasteiger partial charge < -0.3 is 0 Å². The summed E-state index contributed by atoms with van der Waals surface area (Å²) in [6.45, 7) is 6.58. The van der Waals surface area contributed by atoms with E-state index in [-0.39, 0.29) is 5.38 Å². The fourth-order valence-electron chi connectivity index (χ4n) is 1.22. The molecule has 2 atom stereocenters. The molecule has 0 radical (unpaired) electrons. The van der Waals surface area contributed by atoms with Gasteiger partial charge in [0.1, 0.15) is 0 Å². The molecule has 0 nitrogen and oxygen atoms in total. The summed E-state index contributed by atoms with van der Waals surface area (Å²) in [4.78, 5) is 2.76. The van der Waals surface area contributed by atoms with Crippen molar-refractivity contribution in [1.29, 1.82) is 0 Å². The van der Waals surface area contributed by atoms with Crippen molar-refractivity contribution in [2.45, 2.75) is 39.0 Å². The van der Waals surface area contributed by atoms with E-state index in [2.05, 4.69) is 32.9 Å². The van der Waals surface area contributed by atoms with Crippen LogP contribution in [-0.4, -0.2) is 0 Å². The van der Waals surface area contributed by atoms with Crippen LogP contribution in [0.15, 0.2) is 12.1 Å². The zero-order valence-corrected chi connectivity index (χ0v) is 10.1. The van der Waals surface area contributed by atoms with Gasteiger partial charge in [0.25, 0.3) is 0 Å². The van der Waals surface area contributed by atoms with Gasteiger partial charge in [0, 0.05) is 9.75 Å². The summed E-state index contributed by atoms with van der Waals surface area (Å²) >= 11 is 8.19. The minimum absolute atomic E-state index is 0.204. The van der Waals surface area contributed by atoms with Gasteiger partial charge in [-0.3, -0.25) is 0 Å². The Morgan fingerprint density at radius 1 is 1.38 bits per heavy atom. The van der Waals surface area contributed by atoms with Crippen LogP contribution >= 0.6 is 22.9 Å². The number of thiophene rings is 1. The first kappa shape index (κ1) is 11.1. The molecule has 0 fully saturated rings. The molecular weight excluding hydrogens is 200 g/mol. The van der Waals surface area contributed by atoms with E-state index in [1.54, 1.807) is 0 Å². The summed E-state index contributed by atoms with van der Waals surface area (Å²) in [5.41, 5.74) is 0. The highest BCUT2D eigenvalue weighted by molar-refractivity contribution is 7.12. The lowest BCUT2D eigenvalue weighted by molar-refractivity contribution is 0.547. The van der Waals surface area contributed by atoms with Crippen molar-refractivity contribution in [3.8, 4) is 0 Å². The maximum absolute atomic E-state index is 6.34. The molecule has 2 unspecified atom stereocenters. The standard InChI is InChI=1S/C11H17ClS/c1-4-8(3)11(12)10-7-6-9(5-2)13-10/h6-8,11H,4-5H2,1-3H3. The SMILES string of the molecule is CCc1ccc(C(Cl)C(C)CC)s1. The lowest BCUT2D eigenvalue weighted by atomic mass is 10.0. The van der Waals surface area contributed by atoms with E-state index in [0.29, 0.717) is 5.92 Å². The van der Waals surface area contributed by atoms with Gasteiger partial charge in [0.05, 0.1) is 5.38 Å². The second-order valence-electron chi connectivity index (χ2n) is 3.44. The van der Waals surface area contributed by atoms with E-state index in [0.717, 1.165) is 12.8 Å². The number of rotatable bonds is 4. The summed E-state index contributed by atoms with van der Waals surface area (Å²) in [5, 5.41) is 0.204. The molecule has 0 saturated carbocycles. The van der Waals surface area contributed by atoms with Crippen molar-refractivity contribution in [3.63, 3.8) is 0 Å². The Bertz CT molecular complexity index is 254. The van der Waals surface area contributed by atoms with E-state index < -0.39 is 0 Å². The Hall–Kier alpha value is -0.0100. The third kappa shape index (κ3) is 2.72. The van der Waals surface area contributed by atoms with Crippen molar-refractivity contribution < 1.29 is 0 Å². The van der Waals surface area contributed by atoms with Crippen LogP contribution in [0.3, 0.4) is 0 Å². The Morgan fingerprint density at radius 2 is 2.08 bits per heavy atom. The first-order chi connectivity index (χ1) is 6.19. The first-order valence-electron chi connectivity index (χ1n) is 4.91. The van der Waals surface area contributed by atoms with Crippen molar-refractivity contribution >= 4 is 22.9 Å². The van der Waals surface area contributed by atoms with Gasteiger partial charge in [-0.1, -0.05) is 27.2 Å². The smallest absolute Gasteiger partial charge is 0.0704 e. The molecule has 0 aromatic carbocycles. The second kappa shape index (κ2) is 5.02. The zero-order chi connectivity index (χ0) is 9.84. The van der Waals surface area contributed by atoms with Crippen LogP contribution in [0.5, 0.6) is 0 Å². The summed E-state index contributed by atoms with van der Waals surface area (Å²) in [6.07, 6.45) is 2.27. The van der Waals surface area contributed by atoms with Crippen LogP contribution in [-0.2, 0) is 6.42 Å². The average Bonchev–Trinajstić information content (AvgIpc) is 2.63. The van der Waals surface area contributed by atoms with Crippen LogP contribution in [0.2, 0.25) is 0 Å². The predicted molar refractivity (Wildman–Crippen MR) is 61.7 cm³/mol. The van der Waals surface area contributed by atoms with Gasteiger partial charge in [-0.25, -0.2) is 0 Å². The molecule has 0 bridgehead atoms. The molecular formula is C11H17ClS. The largest absolute Gasteiger partial charge is 0.144 e. The molecule has 74 valence electrons. The van der Waals surface area contributed by atoms with Crippen molar-refractivity contribution in [2.75, 3.05) is 0 Å². The van der Waals surface area contributed by atoms with Gasteiger partial charge in [-0.2, -0.15) is 0 Å². The lowest BCUT2D eigenvalue weighted by Crippen LogP contribution is -1.99. The zero-order valence-electron chi connectivity index (χ0n) is 8.51. The molecule has 1 rings (SSSR count). The molecule has 0 saturated heterocycles. The highest BCUT2D eigenvalue weighted by atomic mass is 35.5. The van der Waals surface area contributed by atoms with Crippen LogP contribution in [0.25, 0.3) is 0 Å². The number of aryl methyl sites for hydroxylation is 1. The van der Waals surface area contributed by atoms with Crippen molar-refractivity contribution in [2.24, 2.45) is 5.92 Å². The van der Waals surface area contributed by atoms with E-state index >= 15 is 0 Å². The summed E-state index contributed by atoms with van der Waals surface area (Å²) in [5.74, 6) is 0.574. The molecule has 0 N–H and O–H groups in total. The second-order valence-corrected chi connectivity index (χ2v) is 5.12. The van der Waals surface area contributed by atoms with Crippen LogP contribution < -0.4 is 0 Å². The summed E-state index contributed by atoms with van der Waals surface area (Å²) < 4.78 is 0. The van der Waals surface area contributed by atoms with Crippen LogP contribution in [0.1, 0.15) is 42.3 Å². The summed E-state index contributed by atoms with van der Waals surface area (Å²) in [7, 11) is 0. The fraction of sp³-hybridized carbons (Fsp3) is 0.636. The Balaban J connectivity index is 2.70. The van der Waals surface area contributed by atoms with Gasteiger partial charge >= 0.3 is 0 Å². The van der Waals surface area contributed by atoms with Crippen molar-refractivity contribution in [3.05, 3.63) is 21.9 Å². The third-order valence-corrected chi connectivity index (χ3v) is 4.55. The van der Waals surface area contributed by atoms with Gasteiger partial charge in [0.2, 0.25) is 0 Å². The topological polar surface area (TPSA) is 0 Å². The van der Waals surface area contributed by atoms with E-state index in [4.69, 9.17) is 11.6 Å². The molecule has 0 aliphatic heterocycles. The first-order valence-corrected chi connectivity index (χ1v) is 6.17. The van der Waals surface area contributed by atoms with Gasteiger partial charge in [-0.15, -0.1) is 22.9 Å².